The maximum atomic E-state index is 2.64. The molecule has 3 atom stereocenters. The van der Waals surface area contributed by atoms with Crippen LogP contribution in [0.15, 0.2) is 54.6 Å². The standard InChI is InChI=1S/C22H27N/c1-23-16-22-19(12-11-18-9-5-6-10-21(18)22)13-14-20(23)15-17-7-3-2-4-8-17/h2-10,19-20,22H,11-16H2,1H3/t19-,20?,22+/m1/s1. The summed E-state index contributed by atoms with van der Waals surface area (Å²) in [5.41, 5.74) is 4.72. The van der Waals surface area contributed by atoms with Gasteiger partial charge >= 0.3 is 0 Å². The first kappa shape index (κ1) is 15.0. The van der Waals surface area contributed by atoms with Crippen molar-refractivity contribution in [2.75, 3.05) is 13.6 Å². The van der Waals surface area contributed by atoms with Crippen LogP contribution in [0.5, 0.6) is 0 Å². The Bertz CT molecular complexity index is 648. The highest BCUT2D eigenvalue weighted by atomic mass is 15.1. The largest absolute Gasteiger partial charge is 0.302 e. The summed E-state index contributed by atoms with van der Waals surface area (Å²) in [6.07, 6.45) is 6.59. The summed E-state index contributed by atoms with van der Waals surface area (Å²) in [6.45, 7) is 1.22. The first-order valence-corrected chi connectivity index (χ1v) is 9.13. The van der Waals surface area contributed by atoms with E-state index < -0.39 is 0 Å². The fourth-order valence-electron chi connectivity index (χ4n) is 4.74. The molecule has 1 heterocycles. The summed E-state index contributed by atoms with van der Waals surface area (Å²) in [5, 5.41) is 0. The van der Waals surface area contributed by atoms with E-state index in [0.29, 0.717) is 6.04 Å². The van der Waals surface area contributed by atoms with E-state index in [1.165, 1.54) is 44.2 Å². The SMILES string of the molecule is CN1C[C@@H]2c3ccccc3CC[C@@H]2CCC1Cc1ccccc1. The molecule has 2 aromatic carbocycles. The fourth-order valence-corrected chi connectivity index (χ4v) is 4.74. The van der Waals surface area contributed by atoms with Crippen LogP contribution in [0.4, 0.5) is 0 Å². The normalized spacial score (nSPS) is 27.8. The lowest BCUT2D eigenvalue weighted by Gasteiger charge is -2.34. The smallest absolute Gasteiger partial charge is 0.0133 e. The molecular formula is C22H27N. The molecule has 1 aliphatic heterocycles. The van der Waals surface area contributed by atoms with Crippen molar-refractivity contribution in [1.29, 1.82) is 0 Å². The highest BCUT2D eigenvalue weighted by molar-refractivity contribution is 5.34. The summed E-state index contributed by atoms with van der Waals surface area (Å²) in [7, 11) is 2.34. The molecule has 2 aromatic rings. The molecule has 1 nitrogen and oxygen atoms in total. The van der Waals surface area contributed by atoms with Crippen LogP contribution < -0.4 is 0 Å². The molecule has 1 aliphatic carbocycles. The molecule has 23 heavy (non-hydrogen) atoms. The van der Waals surface area contributed by atoms with Gasteiger partial charge in [0.05, 0.1) is 0 Å². The van der Waals surface area contributed by atoms with Crippen LogP contribution in [-0.2, 0) is 12.8 Å². The maximum absolute atomic E-state index is 2.64. The third-order valence-corrected chi connectivity index (χ3v) is 6.10. The van der Waals surface area contributed by atoms with Crippen LogP contribution in [0.1, 0.15) is 41.9 Å². The van der Waals surface area contributed by atoms with Gasteiger partial charge in [-0.25, -0.2) is 0 Å². The van der Waals surface area contributed by atoms with Gasteiger partial charge in [0.25, 0.3) is 0 Å². The van der Waals surface area contributed by atoms with Gasteiger partial charge in [0.15, 0.2) is 0 Å². The molecule has 0 radical (unpaired) electrons. The minimum absolute atomic E-state index is 0.690. The molecule has 1 heteroatoms. The second kappa shape index (κ2) is 6.49. The number of hydrogen-bond acceptors (Lipinski definition) is 1. The van der Waals surface area contributed by atoms with E-state index in [1.807, 2.05) is 0 Å². The summed E-state index contributed by atoms with van der Waals surface area (Å²) in [4.78, 5) is 2.64. The Labute approximate surface area is 140 Å². The highest BCUT2D eigenvalue weighted by Gasteiger charge is 2.34. The Morgan fingerprint density at radius 2 is 1.70 bits per heavy atom. The number of fused-ring (bicyclic) bond motifs is 3. The second-order valence-electron chi connectivity index (χ2n) is 7.46. The third kappa shape index (κ3) is 3.07. The molecule has 0 saturated carbocycles. The molecule has 1 saturated heterocycles. The summed E-state index contributed by atoms with van der Waals surface area (Å²) < 4.78 is 0. The highest BCUT2D eigenvalue weighted by Crippen LogP contribution is 2.41. The van der Waals surface area contributed by atoms with Gasteiger partial charge in [-0.05, 0) is 67.7 Å². The number of benzene rings is 2. The summed E-state index contributed by atoms with van der Waals surface area (Å²) in [5.74, 6) is 1.62. The number of hydrogen-bond donors (Lipinski definition) is 0. The van der Waals surface area contributed by atoms with Crippen LogP contribution in [0.3, 0.4) is 0 Å². The molecule has 1 unspecified atom stereocenters. The lowest BCUT2D eigenvalue weighted by molar-refractivity contribution is 0.230. The van der Waals surface area contributed by atoms with Gasteiger partial charge in [0, 0.05) is 12.6 Å². The average Bonchev–Trinajstić information content (AvgIpc) is 2.75. The molecule has 0 amide bonds. The van der Waals surface area contributed by atoms with Crippen LogP contribution in [0.2, 0.25) is 0 Å². The first-order valence-electron chi connectivity index (χ1n) is 9.13. The van der Waals surface area contributed by atoms with Crippen molar-refractivity contribution in [2.45, 2.75) is 44.1 Å². The van der Waals surface area contributed by atoms with Crippen molar-refractivity contribution in [1.82, 2.24) is 4.90 Å². The first-order chi connectivity index (χ1) is 11.3. The van der Waals surface area contributed by atoms with Gasteiger partial charge in [0.1, 0.15) is 0 Å². The summed E-state index contributed by atoms with van der Waals surface area (Å²) >= 11 is 0. The molecule has 4 rings (SSSR count). The Morgan fingerprint density at radius 1 is 0.913 bits per heavy atom. The molecular weight excluding hydrogens is 278 g/mol. The van der Waals surface area contributed by atoms with Crippen molar-refractivity contribution in [3.63, 3.8) is 0 Å². The van der Waals surface area contributed by atoms with E-state index in [1.54, 1.807) is 11.1 Å². The lowest BCUT2D eigenvalue weighted by atomic mass is 9.73. The Hall–Kier alpha value is -1.60. The van der Waals surface area contributed by atoms with Gasteiger partial charge in [-0.2, -0.15) is 0 Å². The topological polar surface area (TPSA) is 3.24 Å². The second-order valence-corrected chi connectivity index (χ2v) is 7.46. The van der Waals surface area contributed by atoms with Crippen molar-refractivity contribution < 1.29 is 0 Å². The average molecular weight is 305 g/mol. The monoisotopic (exact) mass is 305 g/mol. The molecule has 1 fully saturated rings. The molecule has 0 bridgehead atoms. The number of nitrogens with zero attached hydrogens (tertiary/aromatic N) is 1. The van der Waals surface area contributed by atoms with Gasteiger partial charge in [-0.3, -0.25) is 0 Å². The van der Waals surface area contributed by atoms with E-state index in [2.05, 4.69) is 66.5 Å². The minimum Gasteiger partial charge on any atom is -0.302 e. The third-order valence-electron chi connectivity index (χ3n) is 6.10. The minimum atomic E-state index is 0.690. The number of rotatable bonds is 2. The van der Waals surface area contributed by atoms with E-state index in [-0.39, 0.29) is 0 Å². The van der Waals surface area contributed by atoms with Crippen LogP contribution in [0, 0.1) is 5.92 Å². The van der Waals surface area contributed by atoms with Crippen LogP contribution in [-0.4, -0.2) is 24.5 Å². The van der Waals surface area contributed by atoms with E-state index in [4.69, 9.17) is 0 Å². The quantitative estimate of drug-likeness (QED) is 0.779. The van der Waals surface area contributed by atoms with Crippen LogP contribution in [0.25, 0.3) is 0 Å². The van der Waals surface area contributed by atoms with Crippen molar-refractivity contribution in [3.8, 4) is 0 Å². The molecule has 0 spiro atoms. The zero-order valence-electron chi connectivity index (χ0n) is 14.1. The Kier molecular flexibility index (Phi) is 4.22. The maximum Gasteiger partial charge on any atom is 0.0133 e. The Balaban J connectivity index is 1.54. The van der Waals surface area contributed by atoms with E-state index in [9.17, 15) is 0 Å². The van der Waals surface area contributed by atoms with Gasteiger partial charge in [0.2, 0.25) is 0 Å². The number of likely N-dealkylation sites (N-methyl/N-ethyl adjacent to an activating group) is 1. The molecule has 120 valence electrons. The van der Waals surface area contributed by atoms with Gasteiger partial charge < -0.3 is 4.90 Å². The molecule has 2 aliphatic rings. The van der Waals surface area contributed by atoms with E-state index >= 15 is 0 Å². The zero-order valence-corrected chi connectivity index (χ0v) is 14.1. The van der Waals surface area contributed by atoms with Crippen molar-refractivity contribution in [3.05, 3.63) is 71.3 Å². The predicted molar refractivity (Wildman–Crippen MR) is 96.8 cm³/mol. The predicted octanol–water partition coefficient (Wildman–Crippen LogP) is 4.67. The van der Waals surface area contributed by atoms with Gasteiger partial charge in [-0.15, -0.1) is 0 Å². The summed E-state index contributed by atoms with van der Waals surface area (Å²) in [6, 6.07) is 20.9. The molecule has 0 N–H and O–H groups in total. The lowest BCUT2D eigenvalue weighted by Crippen LogP contribution is -2.35. The fraction of sp³-hybridized carbons (Fsp3) is 0.455. The van der Waals surface area contributed by atoms with Crippen LogP contribution >= 0.6 is 0 Å². The number of aryl methyl sites for hydroxylation is 1. The number of likely N-dealkylation sites (tertiary alicyclic amines) is 1. The van der Waals surface area contributed by atoms with E-state index in [0.717, 1.165) is 11.8 Å². The van der Waals surface area contributed by atoms with Crippen molar-refractivity contribution in [2.24, 2.45) is 5.92 Å². The van der Waals surface area contributed by atoms with Gasteiger partial charge in [-0.1, -0.05) is 54.6 Å². The zero-order chi connectivity index (χ0) is 15.6. The Morgan fingerprint density at radius 3 is 2.57 bits per heavy atom. The molecule has 0 aromatic heterocycles. The van der Waals surface area contributed by atoms with Crippen molar-refractivity contribution >= 4 is 0 Å².